The van der Waals surface area contributed by atoms with Gasteiger partial charge in [-0.05, 0) is 18.6 Å². The Hall–Kier alpha value is -2.74. The van der Waals surface area contributed by atoms with Gasteiger partial charge in [-0.2, -0.15) is 0 Å². The van der Waals surface area contributed by atoms with Gasteiger partial charge in [-0.3, -0.25) is 9.59 Å². The summed E-state index contributed by atoms with van der Waals surface area (Å²) in [6, 6.07) is 6.16. The molecule has 110 valence electrons. The fourth-order valence-corrected chi connectivity index (χ4v) is 1.75. The molecule has 8 nitrogen and oxygen atoms in total. The predicted octanol–water partition coefficient (Wildman–Crippen LogP) is 0.398. The molecule has 1 amide bonds. The van der Waals surface area contributed by atoms with E-state index in [2.05, 4.69) is 15.6 Å². The molecule has 0 bridgehead atoms. The van der Waals surface area contributed by atoms with Gasteiger partial charge in [0.25, 0.3) is 0 Å². The minimum Gasteiger partial charge on any atom is -0.481 e. The molecular formula is C13H15N5O3. The molecule has 0 aliphatic carbocycles. The van der Waals surface area contributed by atoms with Crippen molar-refractivity contribution >= 4 is 17.6 Å². The number of carboxylic acid groups (broad SMARTS) is 1. The Morgan fingerprint density at radius 3 is 2.81 bits per heavy atom. The van der Waals surface area contributed by atoms with Crippen LogP contribution >= 0.6 is 0 Å². The highest BCUT2D eigenvalue weighted by Crippen LogP contribution is 2.18. The summed E-state index contributed by atoms with van der Waals surface area (Å²) in [5, 5.41) is 18.9. The molecule has 0 fully saturated rings. The number of para-hydroxylation sites is 2. The number of amides is 1. The lowest BCUT2D eigenvalue weighted by molar-refractivity contribution is -0.137. The Labute approximate surface area is 120 Å². The van der Waals surface area contributed by atoms with E-state index >= 15 is 0 Å². The van der Waals surface area contributed by atoms with Gasteiger partial charge in [0, 0.05) is 6.42 Å². The maximum absolute atomic E-state index is 12.0. The van der Waals surface area contributed by atoms with Gasteiger partial charge in [-0.25, -0.2) is 4.68 Å². The van der Waals surface area contributed by atoms with Crippen molar-refractivity contribution in [3.63, 3.8) is 0 Å². The van der Waals surface area contributed by atoms with Gasteiger partial charge in [0.15, 0.2) is 0 Å². The molecule has 0 spiro atoms. The number of hydrogen-bond acceptors (Lipinski definition) is 5. The summed E-state index contributed by atoms with van der Waals surface area (Å²) in [4.78, 5) is 22.5. The first kappa shape index (κ1) is 14.7. The Morgan fingerprint density at radius 2 is 2.14 bits per heavy atom. The van der Waals surface area contributed by atoms with Crippen LogP contribution in [0.5, 0.6) is 0 Å². The number of aromatic nitrogens is 3. The third-order valence-corrected chi connectivity index (χ3v) is 2.84. The van der Waals surface area contributed by atoms with Crippen LogP contribution in [0.1, 0.15) is 12.8 Å². The topological polar surface area (TPSA) is 123 Å². The average Bonchev–Trinajstić information content (AvgIpc) is 2.99. The number of carbonyl (C=O) groups is 2. The Bertz CT molecular complexity index is 626. The normalized spacial score (nSPS) is 11.9. The minimum absolute atomic E-state index is 0.0761. The van der Waals surface area contributed by atoms with E-state index in [0.717, 1.165) is 0 Å². The quantitative estimate of drug-likeness (QED) is 0.707. The second-order valence-corrected chi connectivity index (χ2v) is 4.39. The smallest absolute Gasteiger partial charge is 0.303 e. The van der Waals surface area contributed by atoms with Gasteiger partial charge < -0.3 is 16.2 Å². The third-order valence-electron chi connectivity index (χ3n) is 2.84. The predicted molar refractivity (Wildman–Crippen MR) is 74.8 cm³/mol. The van der Waals surface area contributed by atoms with Crippen molar-refractivity contribution in [2.24, 2.45) is 5.73 Å². The van der Waals surface area contributed by atoms with E-state index in [0.29, 0.717) is 11.4 Å². The molecule has 2 rings (SSSR count). The molecule has 0 radical (unpaired) electrons. The molecule has 0 saturated heterocycles. The molecule has 0 aliphatic heterocycles. The number of nitrogens with one attached hydrogen (secondary N) is 1. The van der Waals surface area contributed by atoms with Gasteiger partial charge in [-0.15, -0.1) is 5.10 Å². The number of nitrogens with two attached hydrogens (primary N) is 1. The summed E-state index contributed by atoms with van der Waals surface area (Å²) in [5.41, 5.74) is 6.85. The van der Waals surface area contributed by atoms with Crippen molar-refractivity contribution in [3.8, 4) is 5.69 Å². The Balaban J connectivity index is 2.09. The zero-order valence-corrected chi connectivity index (χ0v) is 11.1. The highest BCUT2D eigenvalue weighted by Gasteiger charge is 2.16. The summed E-state index contributed by atoms with van der Waals surface area (Å²) in [7, 11) is 0. The fraction of sp³-hybridized carbons (Fsp3) is 0.231. The second-order valence-electron chi connectivity index (χ2n) is 4.39. The van der Waals surface area contributed by atoms with E-state index < -0.39 is 17.9 Å². The number of aliphatic carboxylic acids is 1. The van der Waals surface area contributed by atoms with E-state index in [1.807, 2.05) is 0 Å². The highest BCUT2D eigenvalue weighted by atomic mass is 16.4. The minimum atomic E-state index is -0.985. The molecule has 0 aliphatic rings. The molecule has 21 heavy (non-hydrogen) atoms. The molecule has 1 aromatic carbocycles. The summed E-state index contributed by atoms with van der Waals surface area (Å²) in [5.74, 6) is -1.43. The van der Waals surface area contributed by atoms with Crippen LogP contribution in [0, 0.1) is 0 Å². The van der Waals surface area contributed by atoms with E-state index in [4.69, 9.17) is 10.8 Å². The van der Waals surface area contributed by atoms with Crippen LogP contribution in [-0.4, -0.2) is 38.0 Å². The lowest BCUT2D eigenvalue weighted by atomic mass is 10.1. The third kappa shape index (κ3) is 3.86. The number of rotatable bonds is 6. The van der Waals surface area contributed by atoms with Crippen molar-refractivity contribution in [1.82, 2.24) is 15.0 Å². The number of benzene rings is 1. The first-order valence-corrected chi connectivity index (χ1v) is 6.32. The van der Waals surface area contributed by atoms with Crippen LogP contribution in [0.15, 0.2) is 36.7 Å². The average molecular weight is 289 g/mol. The van der Waals surface area contributed by atoms with E-state index in [-0.39, 0.29) is 12.8 Å². The van der Waals surface area contributed by atoms with Gasteiger partial charge in [0.2, 0.25) is 5.91 Å². The number of anilines is 1. The number of hydrogen-bond donors (Lipinski definition) is 3. The first-order chi connectivity index (χ1) is 10.1. The SMILES string of the molecule is NC(CCC(=O)O)C(=O)Nc1ccccc1-n1ccnn1. The monoisotopic (exact) mass is 289 g/mol. The molecule has 1 unspecified atom stereocenters. The molecule has 0 saturated carbocycles. The standard InChI is InChI=1S/C13H15N5O3/c14-9(5-6-12(19)20)13(21)16-10-3-1-2-4-11(10)18-8-7-15-17-18/h1-4,7-9H,5-6,14H2,(H,16,21)(H,19,20). The maximum Gasteiger partial charge on any atom is 0.303 e. The van der Waals surface area contributed by atoms with Crippen LogP contribution in [0.3, 0.4) is 0 Å². The number of carboxylic acids is 1. The number of carbonyl (C=O) groups excluding carboxylic acids is 1. The van der Waals surface area contributed by atoms with E-state index in [1.54, 1.807) is 30.5 Å². The largest absolute Gasteiger partial charge is 0.481 e. The molecule has 1 aromatic heterocycles. The van der Waals surface area contributed by atoms with Gasteiger partial charge >= 0.3 is 5.97 Å². The zero-order valence-electron chi connectivity index (χ0n) is 11.1. The highest BCUT2D eigenvalue weighted by molar-refractivity contribution is 5.96. The van der Waals surface area contributed by atoms with Crippen LogP contribution in [0.4, 0.5) is 5.69 Å². The molecule has 4 N–H and O–H groups in total. The molecule has 2 aromatic rings. The van der Waals surface area contributed by atoms with Crippen LogP contribution in [0.2, 0.25) is 0 Å². The van der Waals surface area contributed by atoms with Crippen molar-refractivity contribution in [2.45, 2.75) is 18.9 Å². The zero-order chi connectivity index (χ0) is 15.2. The first-order valence-electron chi connectivity index (χ1n) is 6.32. The van der Waals surface area contributed by atoms with Crippen molar-refractivity contribution in [2.75, 3.05) is 5.32 Å². The summed E-state index contributed by atoms with van der Waals surface area (Å²) >= 11 is 0. The van der Waals surface area contributed by atoms with Crippen LogP contribution < -0.4 is 11.1 Å². The van der Waals surface area contributed by atoms with Gasteiger partial charge in [0.1, 0.15) is 0 Å². The second kappa shape index (κ2) is 6.62. The fourth-order valence-electron chi connectivity index (χ4n) is 1.75. The van der Waals surface area contributed by atoms with Crippen molar-refractivity contribution in [3.05, 3.63) is 36.7 Å². The lowest BCUT2D eigenvalue weighted by Gasteiger charge is -2.14. The molecular weight excluding hydrogens is 274 g/mol. The number of nitrogens with zero attached hydrogens (tertiary/aromatic N) is 3. The van der Waals surface area contributed by atoms with E-state index in [9.17, 15) is 9.59 Å². The van der Waals surface area contributed by atoms with Crippen molar-refractivity contribution in [1.29, 1.82) is 0 Å². The van der Waals surface area contributed by atoms with Gasteiger partial charge in [0.05, 0.1) is 29.8 Å². The maximum atomic E-state index is 12.0. The molecule has 1 heterocycles. The van der Waals surface area contributed by atoms with Crippen LogP contribution in [-0.2, 0) is 9.59 Å². The molecule has 8 heteroatoms. The van der Waals surface area contributed by atoms with Crippen molar-refractivity contribution < 1.29 is 14.7 Å². The van der Waals surface area contributed by atoms with E-state index in [1.165, 1.54) is 10.9 Å². The summed E-state index contributed by atoms with van der Waals surface area (Å²) < 4.78 is 1.51. The summed E-state index contributed by atoms with van der Waals surface area (Å²) in [6.07, 6.45) is 3.10. The molecule has 1 atom stereocenters. The Morgan fingerprint density at radius 1 is 1.38 bits per heavy atom. The Kier molecular flexibility index (Phi) is 4.62. The van der Waals surface area contributed by atoms with Crippen LogP contribution in [0.25, 0.3) is 5.69 Å². The van der Waals surface area contributed by atoms with Gasteiger partial charge in [-0.1, -0.05) is 17.3 Å². The summed E-state index contributed by atoms with van der Waals surface area (Å²) in [6.45, 7) is 0. The lowest BCUT2D eigenvalue weighted by Crippen LogP contribution is -2.36.